The molecule has 0 aliphatic carbocycles. The Morgan fingerprint density at radius 1 is 1.04 bits per heavy atom. The molecule has 0 amide bonds. The van der Waals surface area contributed by atoms with Crippen LogP contribution in [0.1, 0.15) is 34.8 Å². The third-order valence-corrected chi connectivity index (χ3v) is 6.79. The van der Waals surface area contributed by atoms with Crippen LogP contribution in [0.25, 0.3) is 0 Å². The first-order valence-corrected chi connectivity index (χ1v) is 11.3. The topological polar surface area (TPSA) is 60.9 Å². The highest BCUT2D eigenvalue weighted by Crippen LogP contribution is 2.32. The van der Waals surface area contributed by atoms with E-state index in [4.69, 9.17) is 0 Å². The van der Waals surface area contributed by atoms with Gasteiger partial charge in [-0.2, -0.15) is 0 Å². The van der Waals surface area contributed by atoms with E-state index in [9.17, 15) is 13.5 Å². The second-order valence-electron chi connectivity index (χ2n) is 7.60. The number of nitrogens with zero attached hydrogens (tertiary/aromatic N) is 2. The van der Waals surface area contributed by atoms with Gasteiger partial charge in [-0.15, -0.1) is 0 Å². The van der Waals surface area contributed by atoms with E-state index in [0.29, 0.717) is 13.1 Å². The van der Waals surface area contributed by atoms with E-state index >= 15 is 0 Å². The monoisotopic (exact) mass is 386 g/mol. The first-order chi connectivity index (χ1) is 12.9. The molecular weight excluding hydrogens is 360 g/mol. The summed E-state index contributed by atoms with van der Waals surface area (Å²) in [5.74, 6) is 0. The van der Waals surface area contributed by atoms with Crippen molar-refractivity contribution in [1.82, 2.24) is 4.90 Å². The molecule has 6 heteroatoms. The van der Waals surface area contributed by atoms with Crippen molar-refractivity contribution >= 4 is 15.7 Å². The van der Waals surface area contributed by atoms with Gasteiger partial charge >= 0.3 is 0 Å². The summed E-state index contributed by atoms with van der Waals surface area (Å²) in [6.45, 7) is 2.92. The quantitative estimate of drug-likeness (QED) is 0.877. The zero-order valence-electron chi connectivity index (χ0n) is 15.6. The zero-order valence-corrected chi connectivity index (χ0v) is 16.5. The summed E-state index contributed by atoms with van der Waals surface area (Å²) < 4.78 is 25.5. The van der Waals surface area contributed by atoms with Crippen LogP contribution in [0.2, 0.25) is 0 Å². The molecular formula is C21H26N2O3S. The van der Waals surface area contributed by atoms with Crippen molar-refractivity contribution in [2.24, 2.45) is 0 Å². The first-order valence-electron chi connectivity index (χ1n) is 9.49. The van der Waals surface area contributed by atoms with Crippen molar-refractivity contribution in [1.29, 1.82) is 0 Å². The van der Waals surface area contributed by atoms with Crippen molar-refractivity contribution in [2.75, 3.05) is 30.2 Å². The van der Waals surface area contributed by atoms with Gasteiger partial charge in [0.15, 0.2) is 0 Å². The Labute approximate surface area is 161 Å². The number of aliphatic hydroxyl groups is 1. The minimum absolute atomic E-state index is 0.529. The molecule has 2 aliphatic rings. The van der Waals surface area contributed by atoms with Crippen molar-refractivity contribution < 1.29 is 13.5 Å². The Bertz CT molecular complexity index is 942. The minimum Gasteiger partial charge on any atom is -0.387 e. The fourth-order valence-corrected chi connectivity index (χ4v) is 5.19. The lowest BCUT2D eigenvalue weighted by Gasteiger charge is -2.32. The molecule has 1 N–H and O–H groups in total. The Morgan fingerprint density at radius 3 is 2.59 bits per heavy atom. The van der Waals surface area contributed by atoms with Crippen LogP contribution in [0.15, 0.2) is 42.5 Å². The van der Waals surface area contributed by atoms with Crippen LogP contribution in [0.3, 0.4) is 0 Å². The number of sulfonamides is 1. The Kier molecular flexibility index (Phi) is 4.97. The lowest BCUT2D eigenvalue weighted by atomic mass is 9.97. The second kappa shape index (κ2) is 7.26. The van der Waals surface area contributed by atoms with Crippen LogP contribution in [-0.2, 0) is 29.4 Å². The summed E-state index contributed by atoms with van der Waals surface area (Å²) in [4.78, 5) is 2.29. The highest BCUT2D eigenvalue weighted by atomic mass is 32.2. The third-order valence-electron chi connectivity index (χ3n) is 5.61. The summed E-state index contributed by atoms with van der Waals surface area (Å²) in [5.41, 5.74) is 5.37. The Morgan fingerprint density at radius 2 is 1.81 bits per heavy atom. The van der Waals surface area contributed by atoms with Crippen molar-refractivity contribution in [3.63, 3.8) is 0 Å². The second-order valence-corrected chi connectivity index (χ2v) is 9.50. The molecule has 0 fully saturated rings. The number of anilines is 1. The highest BCUT2D eigenvalue weighted by Gasteiger charge is 2.25. The van der Waals surface area contributed by atoms with E-state index in [1.165, 1.54) is 21.7 Å². The smallest absolute Gasteiger partial charge is 0.232 e. The van der Waals surface area contributed by atoms with Crippen LogP contribution in [0.4, 0.5) is 5.69 Å². The standard InChI is InChI=1S/C21H26N2O3S/c1-27(25,26)23-11-4-7-17-13-18(8-9-20(17)23)21(24)15-22-12-10-16-5-2-3-6-19(16)14-22/h2-3,5-6,8-9,13,21,24H,4,7,10-12,14-15H2,1H3. The average Bonchev–Trinajstić information content (AvgIpc) is 2.66. The highest BCUT2D eigenvalue weighted by molar-refractivity contribution is 7.92. The van der Waals surface area contributed by atoms with Crippen LogP contribution in [0.5, 0.6) is 0 Å². The molecule has 1 unspecified atom stereocenters. The fourth-order valence-electron chi connectivity index (χ4n) is 4.19. The number of hydrogen-bond acceptors (Lipinski definition) is 4. The van der Waals surface area contributed by atoms with Gasteiger partial charge in [-0.1, -0.05) is 36.4 Å². The Balaban J connectivity index is 1.49. The van der Waals surface area contributed by atoms with E-state index < -0.39 is 16.1 Å². The van der Waals surface area contributed by atoms with Gasteiger partial charge in [0, 0.05) is 26.2 Å². The van der Waals surface area contributed by atoms with Crippen LogP contribution >= 0.6 is 0 Å². The summed E-state index contributed by atoms with van der Waals surface area (Å²) in [7, 11) is -3.26. The van der Waals surface area contributed by atoms with Gasteiger partial charge in [-0.05, 0) is 47.6 Å². The van der Waals surface area contributed by atoms with Gasteiger partial charge in [0.25, 0.3) is 0 Å². The molecule has 0 bridgehead atoms. The molecule has 27 heavy (non-hydrogen) atoms. The van der Waals surface area contributed by atoms with E-state index in [0.717, 1.165) is 49.2 Å². The molecule has 0 saturated heterocycles. The number of aryl methyl sites for hydroxylation is 1. The summed E-state index contributed by atoms with van der Waals surface area (Å²) in [5, 5.41) is 10.8. The molecule has 0 aromatic heterocycles. The summed E-state index contributed by atoms with van der Waals surface area (Å²) in [6, 6.07) is 14.2. The number of aliphatic hydroxyl groups excluding tert-OH is 1. The average molecular weight is 387 g/mol. The number of fused-ring (bicyclic) bond motifs is 2. The normalized spacial score (nSPS) is 18.7. The van der Waals surface area contributed by atoms with Crippen LogP contribution in [0, 0.1) is 0 Å². The lowest BCUT2D eigenvalue weighted by molar-refractivity contribution is 0.106. The molecule has 1 atom stereocenters. The van der Waals surface area contributed by atoms with Crippen molar-refractivity contribution in [3.05, 3.63) is 64.7 Å². The molecule has 2 aromatic rings. The van der Waals surface area contributed by atoms with Crippen molar-refractivity contribution in [2.45, 2.75) is 31.9 Å². The van der Waals surface area contributed by atoms with E-state index in [1.807, 2.05) is 18.2 Å². The lowest BCUT2D eigenvalue weighted by Crippen LogP contribution is -2.35. The molecule has 2 aliphatic heterocycles. The summed E-state index contributed by atoms with van der Waals surface area (Å²) >= 11 is 0. The fraction of sp³-hybridized carbons (Fsp3) is 0.429. The van der Waals surface area contributed by atoms with E-state index in [1.54, 1.807) is 0 Å². The first kappa shape index (κ1) is 18.5. The number of hydrogen-bond donors (Lipinski definition) is 1. The molecule has 0 spiro atoms. The predicted molar refractivity (Wildman–Crippen MR) is 107 cm³/mol. The van der Waals surface area contributed by atoms with Gasteiger partial charge in [0.05, 0.1) is 18.0 Å². The number of rotatable bonds is 4. The van der Waals surface area contributed by atoms with Gasteiger partial charge < -0.3 is 5.11 Å². The molecule has 4 rings (SSSR count). The van der Waals surface area contributed by atoms with Gasteiger partial charge in [0.2, 0.25) is 10.0 Å². The van der Waals surface area contributed by atoms with E-state index in [-0.39, 0.29) is 0 Å². The van der Waals surface area contributed by atoms with E-state index in [2.05, 4.69) is 29.2 Å². The SMILES string of the molecule is CS(=O)(=O)N1CCCc2cc(C(O)CN3CCc4ccccc4C3)ccc21. The molecule has 5 nitrogen and oxygen atoms in total. The van der Waals surface area contributed by atoms with Gasteiger partial charge in [0.1, 0.15) is 0 Å². The molecule has 0 saturated carbocycles. The zero-order chi connectivity index (χ0) is 19.0. The maximum atomic E-state index is 12.0. The number of benzene rings is 2. The molecule has 2 heterocycles. The molecule has 144 valence electrons. The van der Waals surface area contributed by atoms with Crippen LogP contribution < -0.4 is 4.31 Å². The molecule has 2 aromatic carbocycles. The minimum atomic E-state index is -3.26. The largest absolute Gasteiger partial charge is 0.387 e. The summed E-state index contributed by atoms with van der Waals surface area (Å²) in [6.07, 6.45) is 3.34. The third kappa shape index (κ3) is 3.88. The Hall–Kier alpha value is -1.89. The van der Waals surface area contributed by atoms with Crippen LogP contribution in [-0.4, -0.2) is 44.3 Å². The maximum absolute atomic E-state index is 12.0. The number of β-amino-alcohol motifs (C(OH)–C–C–N with tert-alkyl or cyclic N) is 1. The van der Waals surface area contributed by atoms with Crippen molar-refractivity contribution in [3.8, 4) is 0 Å². The maximum Gasteiger partial charge on any atom is 0.232 e. The predicted octanol–water partition coefficient (Wildman–Crippen LogP) is 2.49. The van der Waals surface area contributed by atoms with Gasteiger partial charge in [-0.25, -0.2) is 8.42 Å². The van der Waals surface area contributed by atoms with Gasteiger partial charge in [-0.3, -0.25) is 9.21 Å². The molecule has 0 radical (unpaired) electrons.